The van der Waals surface area contributed by atoms with Crippen LogP contribution >= 0.6 is 7.60 Å². The summed E-state index contributed by atoms with van der Waals surface area (Å²) in [7, 11) is -3.48. The molecule has 1 unspecified atom stereocenters. The minimum Gasteiger partial charge on any atom is -0.462 e. The lowest BCUT2D eigenvalue weighted by atomic mass is 10.1. The topological polar surface area (TPSA) is 61.8 Å². The number of ether oxygens (including phenoxy) is 1. The minimum atomic E-state index is -4.49. The SMILES string of the molecule is CCOP(=O)(CC(F)CCCOC(=O)c1ccc(C(F)(F)F)cc1)OCC. The second-order valence-electron chi connectivity index (χ2n) is 5.58. The highest BCUT2D eigenvalue weighted by molar-refractivity contribution is 7.53. The summed E-state index contributed by atoms with van der Waals surface area (Å²) in [4.78, 5) is 11.8. The monoisotopic (exact) mass is 414 g/mol. The summed E-state index contributed by atoms with van der Waals surface area (Å²) in [5.41, 5.74) is -0.899. The second kappa shape index (κ2) is 10.8. The van der Waals surface area contributed by atoms with Crippen molar-refractivity contribution in [3.8, 4) is 0 Å². The molecular formula is C17H23F4O5P. The fourth-order valence-corrected chi connectivity index (χ4v) is 3.96. The molecule has 1 aromatic carbocycles. The van der Waals surface area contributed by atoms with Crippen LogP contribution in [0.25, 0.3) is 0 Å². The minimum absolute atomic E-state index is 0.0234. The Morgan fingerprint density at radius 1 is 1.11 bits per heavy atom. The summed E-state index contributed by atoms with van der Waals surface area (Å²) < 4.78 is 78.5. The highest BCUT2D eigenvalue weighted by atomic mass is 31.2. The molecule has 0 heterocycles. The van der Waals surface area contributed by atoms with Gasteiger partial charge in [0.15, 0.2) is 0 Å². The van der Waals surface area contributed by atoms with E-state index in [0.29, 0.717) is 0 Å². The normalized spacial score (nSPS) is 13.4. The van der Waals surface area contributed by atoms with Gasteiger partial charge in [-0.3, -0.25) is 4.57 Å². The van der Waals surface area contributed by atoms with Crippen molar-refractivity contribution in [2.75, 3.05) is 26.0 Å². The van der Waals surface area contributed by atoms with Crippen LogP contribution in [0.3, 0.4) is 0 Å². The number of carbonyl (C=O) groups is 1. The van der Waals surface area contributed by atoms with Gasteiger partial charge in [0, 0.05) is 0 Å². The molecule has 0 saturated carbocycles. The first-order valence-corrected chi connectivity index (χ1v) is 10.2. The van der Waals surface area contributed by atoms with E-state index in [0.717, 1.165) is 24.3 Å². The van der Waals surface area contributed by atoms with Gasteiger partial charge in [0.2, 0.25) is 0 Å². The molecule has 0 bridgehead atoms. The van der Waals surface area contributed by atoms with Gasteiger partial charge in [-0.2, -0.15) is 13.2 Å². The molecule has 0 N–H and O–H groups in total. The molecular weight excluding hydrogens is 391 g/mol. The van der Waals surface area contributed by atoms with E-state index in [1.165, 1.54) is 0 Å². The zero-order valence-corrected chi connectivity index (χ0v) is 16.0. The zero-order chi connectivity index (χ0) is 20.5. The summed E-state index contributed by atoms with van der Waals surface area (Å²) in [6.07, 6.45) is -6.20. The van der Waals surface area contributed by atoms with Crippen LogP contribution in [0.2, 0.25) is 0 Å². The Kier molecular flexibility index (Phi) is 9.42. The van der Waals surface area contributed by atoms with Gasteiger partial charge in [-0.15, -0.1) is 0 Å². The fourth-order valence-electron chi connectivity index (χ4n) is 2.22. The third-order valence-electron chi connectivity index (χ3n) is 3.42. The number of alkyl halides is 4. The molecule has 0 radical (unpaired) electrons. The van der Waals surface area contributed by atoms with Gasteiger partial charge in [-0.25, -0.2) is 9.18 Å². The number of hydrogen-bond acceptors (Lipinski definition) is 5. The van der Waals surface area contributed by atoms with Crippen LogP contribution in [0.15, 0.2) is 24.3 Å². The first kappa shape index (κ1) is 23.6. The molecule has 1 rings (SSSR count). The number of benzene rings is 1. The van der Waals surface area contributed by atoms with Crippen LogP contribution < -0.4 is 0 Å². The van der Waals surface area contributed by atoms with E-state index >= 15 is 0 Å². The standard InChI is InChI=1S/C17H23F4O5P/c1-3-25-27(23,26-4-2)12-15(18)6-5-11-24-16(22)13-7-9-14(10-8-13)17(19,20)21/h7-10,15H,3-6,11-12H2,1-2H3. The second-order valence-corrected chi connectivity index (χ2v) is 7.68. The van der Waals surface area contributed by atoms with E-state index < -0.39 is 31.5 Å². The van der Waals surface area contributed by atoms with Crippen molar-refractivity contribution in [3.63, 3.8) is 0 Å². The van der Waals surface area contributed by atoms with Crippen LogP contribution in [0, 0.1) is 0 Å². The van der Waals surface area contributed by atoms with Crippen molar-refractivity contribution in [1.29, 1.82) is 0 Å². The summed E-state index contributed by atoms with van der Waals surface area (Å²) in [5, 5.41) is 0. The number of carbonyl (C=O) groups excluding carboxylic acids is 1. The number of rotatable bonds is 11. The molecule has 0 amide bonds. The van der Waals surface area contributed by atoms with E-state index in [-0.39, 0.29) is 44.4 Å². The molecule has 0 aliphatic carbocycles. The molecule has 1 aromatic rings. The van der Waals surface area contributed by atoms with Crippen molar-refractivity contribution < 1.29 is 40.7 Å². The highest BCUT2D eigenvalue weighted by Gasteiger charge is 2.30. The predicted molar refractivity (Wildman–Crippen MR) is 91.6 cm³/mol. The van der Waals surface area contributed by atoms with Crippen molar-refractivity contribution in [2.24, 2.45) is 0 Å². The zero-order valence-electron chi connectivity index (χ0n) is 15.1. The van der Waals surface area contributed by atoms with Crippen LogP contribution in [0.4, 0.5) is 17.6 Å². The van der Waals surface area contributed by atoms with Gasteiger partial charge < -0.3 is 13.8 Å². The highest BCUT2D eigenvalue weighted by Crippen LogP contribution is 2.49. The first-order valence-electron chi connectivity index (χ1n) is 8.48. The third-order valence-corrected chi connectivity index (χ3v) is 5.56. The Morgan fingerprint density at radius 2 is 1.67 bits per heavy atom. The van der Waals surface area contributed by atoms with Gasteiger partial charge in [-0.05, 0) is 51.0 Å². The van der Waals surface area contributed by atoms with Gasteiger partial charge in [-0.1, -0.05) is 0 Å². The Balaban J connectivity index is 2.40. The molecule has 0 spiro atoms. The maximum atomic E-state index is 14.0. The van der Waals surface area contributed by atoms with Crippen molar-refractivity contribution in [2.45, 2.75) is 39.0 Å². The molecule has 0 saturated heterocycles. The van der Waals surface area contributed by atoms with Crippen molar-refractivity contribution in [1.82, 2.24) is 0 Å². The third kappa shape index (κ3) is 8.41. The maximum absolute atomic E-state index is 14.0. The quantitative estimate of drug-likeness (QED) is 0.214. The average Bonchev–Trinajstić information content (AvgIpc) is 2.58. The van der Waals surface area contributed by atoms with Gasteiger partial charge >= 0.3 is 19.7 Å². The molecule has 0 aliphatic heterocycles. The lowest BCUT2D eigenvalue weighted by Gasteiger charge is -2.18. The van der Waals surface area contributed by atoms with Gasteiger partial charge in [0.05, 0.1) is 37.1 Å². The smallest absolute Gasteiger partial charge is 0.416 e. The van der Waals surface area contributed by atoms with E-state index in [2.05, 4.69) is 0 Å². The Morgan fingerprint density at radius 3 is 2.15 bits per heavy atom. The fraction of sp³-hybridized carbons (Fsp3) is 0.588. The summed E-state index contributed by atoms with van der Waals surface area (Å²) in [6, 6.07) is 3.60. The van der Waals surface area contributed by atoms with Crippen molar-refractivity contribution in [3.05, 3.63) is 35.4 Å². The largest absolute Gasteiger partial charge is 0.462 e. The molecule has 0 aromatic heterocycles. The van der Waals surface area contributed by atoms with Crippen LogP contribution in [0.5, 0.6) is 0 Å². The van der Waals surface area contributed by atoms with Crippen molar-refractivity contribution >= 4 is 13.6 Å². The maximum Gasteiger partial charge on any atom is 0.416 e. The Labute approximate surface area is 155 Å². The number of esters is 1. The van der Waals surface area contributed by atoms with Crippen LogP contribution in [0.1, 0.15) is 42.6 Å². The predicted octanol–water partition coefficient (Wildman–Crippen LogP) is 5.25. The molecule has 27 heavy (non-hydrogen) atoms. The van der Waals surface area contributed by atoms with E-state index in [4.69, 9.17) is 13.8 Å². The lowest BCUT2D eigenvalue weighted by Crippen LogP contribution is -2.13. The molecule has 10 heteroatoms. The van der Waals surface area contributed by atoms with Gasteiger partial charge in [0.1, 0.15) is 6.17 Å². The Bertz CT molecular complexity index is 623. The lowest BCUT2D eigenvalue weighted by molar-refractivity contribution is -0.137. The van der Waals surface area contributed by atoms with E-state index in [9.17, 15) is 26.9 Å². The average molecular weight is 414 g/mol. The van der Waals surface area contributed by atoms with E-state index in [1.807, 2.05) is 0 Å². The number of hydrogen-bond donors (Lipinski definition) is 0. The first-order chi connectivity index (χ1) is 12.6. The van der Waals surface area contributed by atoms with Gasteiger partial charge in [0.25, 0.3) is 0 Å². The molecule has 0 aliphatic rings. The van der Waals surface area contributed by atoms with Crippen LogP contribution in [-0.4, -0.2) is 38.1 Å². The Hall–Kier alpha value is -1.44. The van der Waals surface area contributed by atoms with Crippen LogP contribution in [-0.2, 0) is 24.5 Å². The molecule has 5 nitrogen and oxygen atoms in total. The number of halogens is 4. The van der Waals surface area contributed by atoms with E-state index in [1.54, 1.807) is 13.8 Å². The summed E-state index contributed by atoms with van der Waals surface area (Å²) >= 11 is 0. The summed E-state index contributed by atoms with van der Waals surface area (Å²) in [5.74, 6) is -0.798. The molecule has 154 valence electrons. The molecule has 1 atom stereocenters. The molecule has 0 fully saturated rings. The summed E-state index contributed by atoms with van der Waals surface area (Å²) in [6.45, 7) is 3.40.